The lowest BCUT2D eigenvalue weighted by molar-refractivity contribution is 0.0489. The van der Waals surface area contributed by atoms with Gasteiger partial charge in [0.25, 0.3) is 11.8 Å². The van der Waals surface area contributed by atoms with Crippen molar-refractivity contribution in [3.8, 4) is 5.75 Å². The van der Waals surface area contributed by atoms with Crippen molar-refractivity contribution in [3.63, 3.8) is 0 Å². The molecule has 158 valence electrons. The van der Waals surface area contributed by atoms with Gasteiger partial charge in [-0.3, -0.25) is 15.0 Å². The van der Waals surface area contributed by atoms with Crippen molar-refractivity contribution < 1.29 is 14.3 Å². The van der Waals surface area contributed by atoms with E-state index in [1.165, 1.54) is 5.01 Å². The van der Waals surface area contributed by atoms with Crippen LogP contribution >= 0.6 is 38.5 Å². The highest BCUT2D eigenvalue weighted by Gasteiger charge is 2.35. The second kappa shape index (κ2) is 9.27. The molecule has 8 heteroatoms. The molecule has 6 nitrogen and oxygen atoms in total. The molecule has 0 spiro atoms. The Balaban J connectivity index is 1.73. The topological polar surface area (TPSA) is 70.7 Å². The average molecular weight is 592 g/mol. The molecule has 31 heavy (non-hydrogen) atoms. The van der Waals surface area contributed by atoms with Crippen molar-refractivity contribution in [1.82, 2.24) is 10.4 Å². The summed E-state index contributed by atoms with van der Waals surface area (Å²) >= 11 is 5.64. The highest BCUT2D eigenvalue weighted by atomic mass is 127. The van der Waals surface area contributed by atoms with Gasteiger partial charge in [-0.25, -0.2) is 5.01 Å². The highest BCUT2D eigenvalue weighted by molar-refractivity contribution is 14.1. The minimum atomic E-state index is -0.570. The minimum absolute atomic E-state index is 0.304. The zero-order valence-electron chi connectivity index (χ0n) is 16.6. The maximum atomic E-state index is 13.4. The van der Waals surface area contributed by atoms with E-state index in [1.807, 2.05) is 43.3 Å². The maximum absolute atomic E-state index is 13.4. The van der Waals surface area contributed by atoms with Gasteiger partial charge in [0.05, 0.1) is 17.7 Å². The Bertz CT molecular complexity index is 1150. The Morgan fingerprint density at radius 2 is 1.97 bits per heavy atom. The van der Waals surface area contributed by atoms with Crippen LogP contribution < -0.4 is 15.5 Å². The summed E-state index contributed by atoms with van der Waals surface area (Å²) < 4.78 is 7.39. The molecule has 0 saturated carbocycles. The predicted octanol–water partition coefficient (Wildman–Crippen LogP) is 5.36. The number of hydrogen-bond acceptors (Lipinski definition) is 4. The molecular weight excluding hydrogens is 573 g/mol. The summed E-state index contributed by atoms with van der Waals surface area (Å²) in [7, 11) is 0. The number of rotatable bonds is 5. The molecule has 0 bridgehead atoms. The number of hydrogen-bond donors (Lipinski definition) is 2. The fraction of sp³-hybridized carbons (Fsp3) is 0.130. The van der Waals surface area contributed by atoms with Crippen LogP contribution in [0.15, 0.2) is 71.2 Å². The molecule has 0 aromatic heterocycles. The number of carbonyl (C=O) groups excluding carboxylic acids is 2. The van der Waals surface area contributed by atoms with Gasteiger partial charge in [0.15, 0.2) is 0 Å². The Morgan fingerprint density at radius 1 is 1.16 bits per heavy atom. The van der Waals surface area contributed by atoms with E-state index >= 15 is 0 Å². The molecule has 0 fully saturated rings. The van der Waals surface area contributed by atoms with Crippen LogP contribution in [0, 0.1) is 3.57 Å². The van der Waals surface area contributed by atoms with Gasteiger partial charge in [-0.2, -0.15) is 0 Å². The van der Waals surface area contributed by atoms with E-state index in [4.69, 9.17) is 4.74 Å². The number of ether oxygens (including phenoxy) is 1. The molecule has 1 aliphatic heterocycles. The van der Waals surface area contributed by atoms with Crippen LogP contribution in [-0.4, -0.2) is 23.4 Å². The van der Waals surface area contributed by atoms with Crippen LogP contribution in [-0.2, 0) is 0 Å². The van der Waals surface area contributed by atoms with Crippen LogP contribution in [0.5, 0.6) is 5.75 Å². The zero-order chi connectivity index (χ0) is 22.0. The summed E-state index contributed by atoms with van der Waals surface area (Å²) in [5.74, 6) is -0.261. The molecule has 2 amide bonds. The standard InChI is InChI=1S/C23H19BrIN3O3/c1-2-31-20-9-4-3-8-17(20)22(29)27-28-21(14-6-5-7-16(25)12-14)26-19-11-10-15(24)13-18(19)23(28)30/h3-13,21,26H,2H2,1H3,(H,27,29). The summed E-state index contributed by atoms with van der Waals surface area (Å²) in [6.07, 6.45) is -0.570. The first kappa shape index (κ1) is 21.6. The van der Waals surface area contributed by atoms with E-state index in [-0.39, 0.29) is 5.91 Å². The van der Waals surface area contributed by atoms with Crippen LogP contribution in [0.3, 0.4) is 0 Å². The molecular formula is C23H19BrIN3O3. The van der Waals surface area contributed by atoms with Crippen molar-refractivity contribution in [2.45, 2.75) is 13.1 Å². The lowest BCUT2D eigenvalue weighted by Crippen LogP contribution is -2.53. The Labute approximate surface area is 202 Å². The molecule has 1 atom stereocenters. The third kappa shape index (κ3) is 4.54. The number of fused-ring (bicyclic) bond motifs is 1. The SMILES string of the molecule is CCOc1ccccc1C(=O)NN1C(=O)c2cc(Br)ccc2NC1c1cccc(I)c1. The molecule has 4 rings (SSSR count). The molecule has 1 unspecified atom stereocenters. The Hall–Kier alpha value is -2.59. The normalized spacial score (nSPS) is 15.1. The molecule has 3 aromatic rings. The van der Waals surface area contributed by atoms with Gasteiger partial charge in [-0.15, -0.1) is 0 Å². The fourth-order valence-corrected chi connectivity index (χ4v) is 4.34. The molecule has 0 aliphatic carbocycles. The van der Waals surface area contributed by atoms with Crippen molar-refractivity contribution in [2.24, 2.45) is 0 Å². The van der Waals surface area contributed by atoms with Gasteiger partial charge >= 0.3 is 0 Å². The summed E-state index contributed by atoms with van der Waals surface area (Å²) in [5.41, 5.74) is 5.18. The van der Waals surface area contributed by atoms with Crippen LogP contribution in [0.25, 0.3) is 0 Å². The first-order chi connectivity index (χ1) is 15.0. The molecule has 3 aromatic carbocycles. The van der Waals surface area contributed by atoms with E-state index in [9.17, 15) is 9.59 Å². The number of nitrogens with one attached hydrogen (secondary N) is 2. The van der Waals surface area contributed by atoms with E-state index in [1.54, 1.807) is 30.3 Å². The monoisotopic (exact) mass is 591 g/mol. The molecule has 1 aliphatic rings. The fourth-order valence-electron chi connectivity index (χ4n) is 3.41. The third-order valence-electron chi connectivity index (χ3n) is 4.80. The lowest BCUT2D eigenvalue weighted by Gasteiger charge is -2.38. The van der Waals surface area contributed by atoms with Crippen LogP contribution in [0.2, 0.25) is 0 Å². The predicted molar refractivity (Wildman–Crippen MR) is 131 cm³/mol. The number of halogens is 2. The second-order valence-electron chi connectivity index (χ2n) is 6.84. The summed E-state index contributed by atoms with van der Waals surface area (Å²) in [6, 6.07) is 20.2. The van der Waals surface area contributed by atoms with Crippen molar-refractivity contribution in [1.29, 1.82) is 0 Å². The first-order valence-electron chi connectivity index (χ1n) is 9.66. The Morgan fingerprint density at radius 3 is 2.74 bits per heavy atom. The van der Waals surface area contributed by atoms with Crippen molar-refractivity contribution in [3.05, 3.63) is 91.5 Å². The average Bonchev–Trinajstić information content (AvgIpc) is 2.76. The van der Waals surface area contributed by atoms with Gasteiger partial charge in [0, 0.05) is 13.7 Å². The summed E-state index contributed by atoms with van der Waals surface area (Å²) in [5, 5.41) is 4.72. The summed E-state index contributed by atoms with van der Waals surface area (Å²) in [6.45, 7) is 2.29. The molecule has 1 heterocycles. The smallest absolute Gasteiger partial charge is 0.276 e. The van der Waals surface area contributed by atoms with E-state index in [2.05, 4.69) is 49.3 Å². The number of hydrazine groups is 1. The number of para-hydroxylation sites is 1. The largest absolute Gasteiger partial charge is 0.493 e. The zero-order valence-corrected chi connectivity index (χ0v) is 20.3. The molecule has 0 saturated heterocycles. The van der Waals surface area contributed by atoms with Gasteiger partial charge in [-0.1, -0.05) is 40.2 Å². The quantitative estimate of drug-likeness (QED) is 0.392. The van der Waals surface area contributed by atoms with Crippen LogP contribution in [0.4, 0.5) is 5.69 Å². The number of benzene rings is 3. The third-order valence-corrected chi connectivity index (χ3v) is 5.96. The van der Waals surface area contributed by atoms with E-state index < -0.39 is 12.1 Å². The maximum Gasteiger partial charge on any atom is 0.276 e. The second-order valence-corrected chi connectivity index (χ2v) is 9.00. The van der Waals surface area contributed by atoms with Crippen molar-refractivity contribution in [2.75, 3.05) is 11.9 Å². The van der Waals surface area contributed by atoms with Gasteiger partial charge < -0.3 is 10.1 Å². The first-order valence-corrected chi connectivity index (χ1v) is 11.5. The molecule has 2 N–H and O–H groups in total. The number of nitrogens with zero attached hydrogens (tertiary/aromatic N) is 1. The van der Waals surface area contributed by atoms with Crippen molar-refractivity contribution >= 4 is 56.0 Å². The van der Waals surface area contributed by atoms with Gasteiger partial charge in [-0.05, 0) is 77.5 Å². The molecule has 0 radical (unpaired) electrons. The van der Waals surface area contributed by atoms with Gasteiger partial charge in [0.2, 0.25) is 0 Å². The minimum Gasteiger partial charge on any atom is -0.493 e. The number of amides is 2. The number of anilines is 1. The summed E-state index contributed by atoms with van der Waals surface area (Å²) in [4.78, 5) is 26.6. The lowest BCUT2D eigenvalue weighted by atomic mass is 10.0. The Kier molecular flexibility index (Phi) is 6.47. The van der Waals surface area contributed by atoms with Crippen LogP contribution in [0.1, 0.15) is 39.4 Å². The van der Waals surface area contributed by atoms with E-state index in [0.717, 1.165) is 13.6 Å². The van der Waals surface area contributed by atoms with E-state index in [0.29, 0.717) is 29.2 Å². The number of carbonyl (C=O) groups is 2. The van der Waals surface area contributed by atoms with Gasteiger partial charge in [0.1, 0.15) is 11.9 Å². The highest BCUT2D eigenvalue weighted by Crippen LogP contribution is 2.34.